The van der Waals surface area contributed by atoms with Crippen molar-refractivity contribution < 1.29 is 54.0 Å². The van der Waals surface area contributed by atoms with Crippen LogP contribution in [0.5, 0.6) is 5.75 Å². The number of rotatable bonds is 10. The summed E-state index contributed by atoms with van der Waals surface area (Å²) >= 11 is 13.0. The molecule has 0 unspecified atom stereocenters. The maximum atomic E-state index is 12.0. The molecular weight excluding hydrogens is 458 g/mol. The van der Waals surface area contributed by atoms with E-state index >= 15 is 0 Å². The maximum absolute atomic E-state index is 12.0. The van der Waals surface area contributed by atoms with Crippen LogP contribution in [0.2, 0.25) is 10.0 Å². The fraction of sp³-hybridized carbons (Fsp3) is 0.375. The van der Waals surface area contributed by atoms with Crippen LogP contribution in [-0.4, -0.2) is 54.7 Å². The molecule has 0 atom stereocenters. The van der Waals surface area contributed by atoms with Gasteiger partial charge in [-0.1, -0.05) is 23.2 Å². The summed E-state index contributed by atoms with van der Waals surface area (Å²) in [5, 5.41) is 11.9. The van der Waals surface area contributed by atoms with Gasteiger partial charge in [0.05, 0.1) is 11.3 Å². The van der Waals surface area contributed by atoms with E-state index in [-0.39, 0.29) is 56.4 Å². The first-order valence-corrected chi connectivity index (χ1v) is 11.4. The number of aromatic nitrogens is 1. The van der Waals surface area contributed by atoms with Crippen LogP contribution in [0.4, 0.5) is 0 Å². The Labute approximate surface area is 201 Å². The molecule has 1 N–H and O–H groups in total. The average Bonchev–Trinajstić information content (AvgIpc) is 3.00. The molecule has 28 heavy (non-hydrogen) atoms. The van der Waals surface area contributed by atoms with Gasteiger partial charge in [0.15, 0.2) is 5.69 Å². The number of hydrogen-bond acceptors (Lipinski definition) is 6. The Morgan fingerprint density at radius 3 is 2.46 bits per heavy atom. The molecule has 0 amide bonds. The Hall–Kier alpha value is -0.390. The van der Waals surface area contributed by atoms with Gasteiger partial charge in [-0.15, -0.1) is 11.3 Å². The molecule has 1 aromatic carbocycles. The van der Waals surface area contributed by atoms with Crippen molar-refractivity contribution in [3.63, 3.8) is 0 Å². The van der Waals surface area contributed by atoms with Crippen molar-refractivity contribution in [1.82, 2.24) is 9.29 Å². The van der Waals surface area contributed by atoms with E-state index in [1.54, 1.807) is 18.2 Å². The average molecular weight is 477 g/mol. The number of aromatic carboxylic acids is 1. The first-order valence-electron chi connectivity index (χ1n) is 7.87. The standard InChI is InChI=1S/C16H18Cl2N2O5S2.Na.H/c1-27(23,24)20(4-2-3-15-19-14(10-26-15)16(21)22)5-6-25-13-8-11(17)7-12(18)9-13;;/h7-10H,2-6H2,1H3,(H,21,22);;/q;+1;-1. The third-order valence-electron chi connectivity index (χ3n) is 3.48. The van der Waals surface area contributed by atoms with Gasteiger partial charge in [-0.3, -0.25) is 0 Å². The van der Waals surface area contributed by atoms with Gasteiger partial charge in [0, 0.05) is 34.9 Å². The monoisotopic (exact) mass is 476 g/mol. The summed E-state index contributed by atoms with van der Waals surface area (Å²) in [6.45, 7) is 0.589. The fourth-order valence-electron chi connectivity index (χ4n) is 2.25. The Morgan fingerprint density at radius 1 is 1.29 bits per heavy atom. The summed E-state index contributed by atoms with van der Waals surface area (Å²) in [4.78, 5) is 14.8. The van der Waals surface area contributed by atoms with E-state index in [1.165, 1.54) is 21.0 Å². The molecule has 0 bridgehead atoms. The zero-order valence-electron chi connectivity index (χ0n) is 16.4. The number of aryl methyl sites for hydroxylation is 1. The van der Waals surface area contributed by atoms with Crippen LogP contribution in [0.1, 0.15) is 23.3 Å². The van der Waals surface area contributed by atoms with E-state index in [2.05, 4.69) is 4.98 Å². The number of sulfonamides is 1. The third kappa shape index (κ3) is 8.54. The number of benzene rings is 1. The largest absolute Gasteiger partial charge is 1.00 e. The SMILES string of the molecule is CS(=O)(=O)N(CCCc1nc(C(=O)O)cs1)CCOc1cc(Cl)cc(Cl)c1.[H-].[Na+]. The van der Waals surface area contributed by atoms with Crippen molar-refractivity contribution in [2.75, 3.05) is 26.0 Å². The number of nitrogens with zero attached hydrogens (tertiary/aromatic N) is 2. The molecule has 7 nitrogen and oxygen atoms in total. The normalized spacial score (nSPS) is 11.3. The number of thiazole rings is 1. The van der Waals surface area contributed by atoms with Gasteiger partial charge in [-0.2, -0.15) is 4.31 Å². The Morgan fingerprint density at radius 2 is 1.93 bits per heavy atom. The summed E-state index contributed by atoms with van der Waals surface area (Å²) in [7, 11) is -3.41. The quantitative estimate of drug-likeness (QED) is 0.502. The molecule has 1 heterocycles. The Balaban J connectivity index is 0.00000392. The molecule has 12 heteroatoms. The molecule has 0 radical (unpaired) electrons. The van der Waals surface area contributed by atoms with Crippen LogP contribution in [0.3, 0.4) is 0 Å². The summed E-state index contributed by atoms with van der Waals surface area (Å²) in [5.74, 6) is -0.613. The van der Waals surface area contributed by atoms with Crippen molar-refractivity contribution in [2.45, 2.75) is 12.8 Å². The summed E-state index contributed by atoms with van der Waals surface area (Å²) in [6.07, 6.45) is 2.15. The molecule has 0 spiro atoms. The maximum Gasteiger partial charge on any atom is 1.00 e. The molecular formula is C16H19Cl2N2NaO5S2. The van der Waals surface area contributed by atoms with Crippen LogP contribution >= 0.6 is 34.5 Å². The number of carboxylic acids is 1. The van der Waals surface area contributed by atoms with Gasteiger partial charge in [-0.05, 0) is 24.6 Å². The second-order valence-electron chi connectivity index (χ2n) is 5.65. The number of carboxylic acid groups (broad SMARTS) is 1. The number of hydrogen-bond donors (Lipinski definition) is 1. The predicted octanol–water partition coefficient (Wildman–Crippen LogP) is 0.538. The molecule has 0 saturated carbocycles. The van der Waals surface area contributed by atoms with Crippen molar-refractivity contribution in [1.29, 1.82) is 0 Å². The first kappa shape index (κ1) is 25.6. The van der Waals surface area contributed by atoms with E-state index in [0.29, 0.717) is 33.6 Å². The minimum Gasteiger partial charge on any atom is -1.00 e. The molecule has 2 rings (SSSR count). The topological polar surface area (TPSA) is 96.8 Å². The number of ether oxygens (including phenoxy) is 1. The van der Waals surface area contributed by atoms with Gasteiger partial charge < -0.3 is 11.3 Å². The Kier molecular flexibility index (Phi) is 10.7. The number of carbonyl (C=O) groups is 1. The van der Waals surface area contributed by atoms with Crippen LogP contribution in [0.15, 0.2) is 23.6 Å². The van der Waals surface area contributed by atoms with Gasteiger partial charge >= 0.3 is 35.5 Å². The predicted molar refractivity (Wildman–Crippen MR) is 107 cm³/mol. The van der Waals surface area contributed by atoms with Crippen LogP contribution in [0, 0.1) is 0 Å². The molecule has 0 aliphatic carbocycles. The van der Waals surface area contributed by atoms with Crippen molar-refractivity contribution in [3.8, 4) is 5.75 Å². The van der Waals surface area contributed by atoms with E-state index in [9.17, 15) is 13.2 Å². The smallest absolute Gasteiger partial charge is 1.00 e. The van der Waals surface area contributed by atoms with E-state index in [1.807, 2.05) is 0 Å². The van der Waals surface area contributed by atoms with Crippen molar-refractivity contribution in [2.24, 2.45) is 0 Å². The minimum absolute atomic E-state index is 0. The molecule has 0 saturated heterocycles. The molecule has 150 valence electrons. The molecule has 0 fully saturated rings. The molecule has 1 aromatic heterocycles. The van der Waals surface area contributed by atoms with Crippen LogP contribution in [-0.2, 0) is 16.4 Å². The van der Waals surface area contributed by atoms with Crippen molar-refractivity contribution in [3.05, 3.63) is 44.3 Å². The van der Waals surface area contributed by atoms with Gasteiger partial charge in [0.25, 0.3) is 0 Å². The van der Waals surface area contributed by atoms with Gasteiger partial charge in [0.2, 0.25) is 10.0 Å². The molecule has 0 aliphatic heterocycles. The zero-order valence-corrected chi connectivity index (χ0v) is 20.5. The third-order valence-corrected chi connectivity index (χ3v) is 6.13. The van der Waals surface area contributed by atoms with Crippen molar-refractivity contribution >= 4 is 50.5 Å². The second-order valence-corrected chi connectivity index (χ2v) is 9.45. The second kappa shape index (κ2) is 11.7. The van der Waals surface area contributed by atoms with E-state index in [4.69, 9.17) is 33.0 Å². The fourth-order valence-corrected chi connectivity index (χ4v) is 4.44. The van der Waals surface area contributed by atoms with Gasteiger partial charge in [0.1, 0.15) is 12.4 Å². The van der Waals surface area contributed by atoms with Crippen LogP contribution < -0.4 is 34.3 Å². The first-order chi connectivity index (χ1) is 12.6. The summed E-state index contributed by atoms with van der Waals surface area (Å²) < 4.78 is 30.8. The minimum atomic E-state index is -3.41. The summed E-state index contributed by atoms with van der Waals surface area (Å²) in [6, 6.07) is 4.77. The Bertz CT molecular complexity index is 894. The van der Waals surface area contributed by atoms with Gasteiger partial charge in [-0.25, -0.2) is 18.2 Å². The van der Waals surface area contributed by atoms with Crippen LogP contribution in [0.25, 0.3) is 0 Å². The van der Waals surface area contributed by atoms with E-state index < -0.39 is 16.0 Å². The molecule has 2 aromatic rings. The summed E-state index contributed by atoms with van der Waals surface area (Å²) in [5.41, 5.74) is 0.00329. The zero-order chi connectivity index (χ0) is 20.0. The number of halogens is 2. The molecule has 0 aliphatic rings. The van der Waals surface area contributed by atoms with E-state index in [0.717, 1.165) is 6.26 Å².